The van der Waals surface area contributed by atoms with Gasteiger partial charge in [0.2, 0.25) is 5.88 Å². The van der Waals surface area contributed by atoms with Crippen molar-refractivity contribution in [3.05, 3.63) is 11.7 Å². The van der Waals surface area contributed by atoms with Crippen molar-refractivity contribution in [1.29, 1.82) is 0 Å². The first-order valence-electron chi connectivity index (χ1n) is 1.47. The van der Waals surface area contributed by atoms with Crippen molar-refractivity contribution >= 4 is 23.0 Å². The summed E-state index contributed by atoms with van der Waals surface area (Å²) in [6, 6.07) is 0. The molecule has 0 aromatic carbocycles. The fourth-order valence-corrected chi connectivity index (χ4v) is 0.299. The summed E-state index contributed by atoms with van der Waals surface area (Å²) in [5, 5.41) is 0. The maximum atomic E-state index is 5.02. The van der Waals surface area contributed by atoms with Crippen LogP contribution in [0.25, 0.3) is 0 Å². The van der Waals surface area contributed by atoms with Crippen molar-refractivity contribution in [3.8, 4) is 0 Å². The molecule has 7 heavy (non-hydrogen) atoms. The number of rotatable bonds is 1. The van der Waals surface area contributed by atoms with Crippen molar-refractivity contribution in [2.75, 3.05) is 0 Å². The van der Waals surface area contributed by atoms with Crippen LogP contribution in [0, 0.1) is 0 Å². The third-order valence-corrected chi connectivity index (χ3v) is 0.842. The van der Waals surface area contributed by atoms with Crippen LogP contribution in [-0.4, -0.2) is 0 Å². The molecule has 0 saturated carbocycles. The minimum absolute atomic E-state index is 0.00870. The maximum Gasteiger partial charge on any atom is 0.236 e. The molecule has 0 spiro atoms. The smallest absolute Gasteiger partial charge is 0.236 e. The van der Waals surface area contributed by atoms with E-state index < -0.39 is 0 Å². The Morgan fingerprint density at radius 2 is 1.71 bits per heavy atom. The normalized spacial score (nSPS) is 7.57. The van der Waals surface area contributed by atoms with Gasteiger partial charge in [-0.15, -0.1) is 0 Å². The molecule has 5 heteroatoms. The Balaban J connectivity index is 3.72. The predicted molar refractivity (Wildman–Crippen MR) is 34.7 cm³/mol. The van der Waals surface area contributed by atoms with Gasteiger partial charge < -0.3 is 20.3 Å². The Labute approximate surface area is 55.4 Å². The van der Waals surface area contributed by atoms with Gasteiger partial charge >= 0.3 is 0 Å². The van der Waals surface area contributed by atoms with E-state index in [-0.39, 0.29) is 11.7 Å². The molecule has 0 aliphatic rings. The average Bonchev–Trinajstić information content (AvgIpc) is 1.65. The van der Waals surface area contributed by atoms with Crippen molar-refractivity contribution < 1.29 is 3.07 Å². The standard InChI is InChI=1S/C2H6IN3O/c3-7-2(6)1(4)5/h4-6H2. The van der Waals surface area contributed by atoms with Crippen molar-refractivity contribution in [1.82, 2.24) is 0 Å². The minimum atomic E-state index is 0.00870. The van der Waals surface area contributed by atoms with E-state index in [9.17, 15) is 0 Å². The molecular formula is C2H6IN3O. The van der Waals surface area contributed by atoms with E-state index >= 15 is 0 Å². The summed E-state index contributed by atoms with van der Waals surface area (Å²) >= 11 is 1.59. The van der Waals surface area contributed by atoms with Crippen molar-refractivity contribution in [3.63, 3.8) is 0 Å². The molecule has 0 radical (unpaired) electrons. The molecule has 0 heterocycles. The zero-order valence-electron chi connectivity index (χ0n) is 3.52. The summed E-state index contributed by atoms with van der Waals surface area (Å²) in [4.78, 5) is 0. The highest BCUT2D eigenvalue weighted by Gasteiger charge is 1.88. The van der Waals surface area contributed by atoms with Crippen molar-refractivity contribution in [2.45, 2.75) is 0 Å². The Morgan fingerprint density at radius 3 is 1.71 bits per heavy atom. The summed E-state index contributed by atoms with van der Waals surface area (Å²) in [6.07, 6.45) is 0. The Hall–Kier alpha value is -0.330. The van der Waals surface area contributed by atoms with Gasteiger partial charge in [-0.3, -0.25) is 0 Å². The van der Waals surface area contributed by atoms with Gasteiger partial charge in [-0.2, -0.15) is 0 Å². The highest BCUT2D eigenvalue weighted by Crippen LogP contribution is 1.93. The molecule has 0 aliphatic carbocycles. The van der Waals surface area contributed by atoms with Gasteiger partial charge in [0.1, 0.15) is 0 Å². The third kappa shape index (κ3) is 2.38. The molecule has 0 fully saturated rings. The van der Waals surface area contributed by atoms with Crippen LogP contribution >= 0.6 is 23.0 Å². The fraction of sp³-hybridized carbons (Fsp3) is 0. The summed E-state index contributed by atoms with van der Waals surface area (Å²) in [5.41, 5.74) is 14.9. The summed E-state index contributed by atoms with van der Waals surface area (Å²) in [5.74, 6) is 0.0648. The lowest BCUT2D eigenvalue weighted by Gasteiger charge is -1.94. The summed E-state index contributed by atoms with van der Waals surface area (Å²) in [7, 11) is 0. The van der Waals surface area contributed by atoms with Gasteiger partial charge in [0.05, 0.1) is 0 Å². The molecule has 0 unspecified atom stereocenters. The van der Waals surface area contributed by atoms with Gasteiger partial charge in [0.25, 0.3) is 0 Å². The second-order valence-electron chi connectivity index (χ2n) is 0.897. The van der Waals surface area contributed by atoms with Crippen LogP contribution in [0.5, 0.6) is 0 Å². The second kappa shape index (κ2) is 2.78. The Bertz CT molecular complexity index is 86.9. The van der Waals surface area contributed by atoms with Crippen LogP contribution in [0.15, 0.2) is 11.7 Å². The highest BCUT2D eigenvalue weighted by atomic mass is 127. The highest BCUT2D eigenvalue weighted by molar-refractivity contribution is 14.1. The topological polar surface area (TPSA) is 87.3 Å². The van der Waals surface area contributed by atoms with E-state index in [4.69, 9.17) is 17.2 Å². The Kier molecular flexibility index (Phi) is 2.65. The van der Waals surface area contributed by atoms with Crippen LogP contribution in [-0.2, 0) is 3.07 Å². The first-order chi connectivity index (χ1) is 3.18. The molecule has 0 aliphatic heterocycles. The zero-order chi connectivity index (χ0) is 5.86. The molecule has 0 aromatic heterocycles. The largest absolute Gasteiger partial charge is 0.407 e. The molecule has 0 saturated heterocycles. The first-order valence-corrected chi connectivity index (χ1v) is 2.36. The van der Waals surface area contributed by atoms with Crippen LogP contribution in [0.2, 0.25) is 0 Å². The van der Waals surface area contributed by atoms with Crippen LogP contribution in [0.3, 0.4) is 0 Å². The molecule has 42 valence electrons. The maximum absolute atomic E-state index is 5.02. The molecule has 0 rings (SSSR count). The van der Waals surface area contributed by atoms with Gasteiger partial charge in [0, 0.05) is 0 Å². The van der Waals surface area contributed by atoms with E-state index in [1.54, 1.807) is 23.0 Å². The minimum Gasteiger partial charge on any atom is -0.407 e. The number of hydrogen-bond acceptors (Lipinski definition) is 4. The van der Waals surface area contributed by atoms with Crippen molar-refractivity contribution in [2.24, 2.45) is 17.2 Å². The van der Waals surface area contributed by atoms with Crippen LogP contribution < -0.4 is 17.2 Å². The fourth-order valence-electron chi connectivity index (χ4n) is 0.0445. The average molecular weight is 215 g/mol. The second-order valence-corrected chi connectivity index (χ2v) is 1.34. The van der Waals surface area contributed by atoms with Gasteiger partial charge in [-0.25, -0.2) is 0 Å². The van der Waals surface area contributed by atoms with E-state index in [2.05, 4.69) is 3.07 Å². The summed E-state index contributed by atoms with van der Waals surface area (Å²) in [6.45, 7) is 0. The summed E-state index contributed by atoms with van der Waals surface area (Å²) < 4.78 is 4.39. The monoisotopic (exact) mass is 215 g/mol. The predicted octanol–water partition coefficient (Wildman–Crippen LogP) is -0.644. The van der Waals surface area contributed by atoms with Gasteiger partial charge in [0.15, 0.2) is 28.8 Å². The van der Waals surface area contributed by atoms with Crippen LogP contribution in [0.4, 0.5) is 0 Å². The zero-order valence-corrected chi connectivity index (χ0v) is 5.68. The SMILES string of the molecule is NC(N)=C(N)OI. The number of halogens is 1. The number of hydrogen-bond donors (Lipinski definition) is 3. The molecule has 0 aromatic rings. The first kappa shape index (κ1) is 6.67. The third-order valence-electron chi connectivity index (χ3n) is 0.368. The van der Waals surface area contributed by atoms with Gasteiger partial charge in [-0.1, -0.05) is 0 Å². The molecular weight excluding hydrogens is 209 g/mol. The Morgan fingerprint density at radius 1 is 1.29 bits per heavy atom. The molecule has 0 amide bonds. The molecule has 0 atom stereocenters. The lowest BCUT2D eigenvalue weighted by Crippen LogP contribution is -2.16. The van der Waals surface area contributed by atoms with Gasteiger partial charge in [-0.05, 0) is 0 Å². The van der Waals surface area contributed by atoms with E-state index in [0.717, 1.165) is 0 Å². The molecule has 6 N–H and O–H groups in total. The van der Waals surface area contributed by atoms with E-state index in [0.29, 0.717) is 0 Å². The van der Waals surface area contributed by atoms with E-state index in [1.165, 1.54) is 0 Å². The molecule has 4 nitrogen and oxygen atoms in total. The lowest BCUT2D eigenvalue weighted by molar-refractivity contribution is 0.539. The molecule has 0 bridgehead atoms. The quantitative estimate of drug-likeness (QED) is 0.400. The van der Waals surface area contributed by atoms with Crippen LogP contribution in [0.1, 0.15) is 0 Å². The number of nitrogens with two attached hydrogens (primary N) is 3. The lowest BCUT2D eigenvalue weighted by atomic mass is 10.7. The van der Waals surface area contributed by atoms with E-state index in [1.807, 2.05) is 0 Å².